The van der Waals surface area contributed by atoms with E-state index in [1.54, 1.807) is 12.1 Å². The van der Waals surface area contributed by atoms with Crippen LogP contribution in [-0.2, 0) is 6.42 Å². The van der Waals surface area contributed by atoms with Crippen LogP contribution in [0.25, 0.3) is 5.69 Å². The van der Waals surface area contributed by atoms with Crippen molar-refractivity contribution in [3.8, 4) is 5.69 Å². The number of nitrogens with zero attached hydrogens (tertiary/aromatic N) is 1. The molecule has 0 bridgehead atoms. The zero-order chi connectivity index (χ0) is 11.8. The number of rotatable bonds is 1. The number of hydrogen-bond acceptors (Lipinski definition) is 3. The lowest BCUT2D eigenvalue weighted by molar-refractivity contribution is 0.804. The molecule has 1 aliphatic rings. The predicted molar refractivity (Wildman–Crippen MR) is 67.1 cm³/mol. The molecule has 0 amide bonds. The minimum atomic E-state index is -0.366. The fourth-order valence-electron chi connectivity index (χ4n) is 1.96. The molecule has 5 heteroatoms. The number of thioether (sulfide) groups is 1. The van der Waals surface area contributed by atoms with Gasteiger partial charge in [-0.15, -0.1) is 11.8 Å². The molecule has 4 nitrogen and oxygen atoms in total. The molecule has 1 N–H and O–H groups in total. The van der Waals surface area contributed by atoms with Gasteiger partial charge in [-0.25, -0.2) is 9.36 Å². The molecule has 0 saturated carbocycles. The van der Waals surface area contributed by atoms with Gasteiger partial charge >= 0.3 is 5.69 Å². The Labute approximate surface area is 101 Å². The Balaban J connectivity index is 2.33. The summed E-state index contributed by atoms with van der Waals surface area (Å²) in [5, 5.41) is 0.729. The summed E-state index contributed by atoms with van der Waals surface area (Å²) in [6, 6.07) is 8.98. The molecule has 0 radical (unpaired) electrons. The SMILES string of the molecule is O=c1[nH]c2c(c(=O)n1-c1ccccc1)CCS2. The normalized spacial score (nSPS) is 13.6. The van der Waals surface area contributed by atoms with Crippen LogP contribution in [-0.4, -0.2) is 15.3 Å². The second-order valence-electron chi connectivity index (χ2n) is 3.81. The number of benzene rings is 1. The zero-order valence-electron chi connectivity index (χ0n) is 8.97. The molecule has 0 atom stereocenters. The molecule has 1 aromatic heterocycles. The van der Waals surface area contributed by atoms with Gasteiger partial charge in [-0.05, 0) is 18.6 Å². The quantitative estimate of drug-likeness (QED) is 0.769. The van der Waals surface area contributed by atoms with Gasteiger partial charge in [0.1, 0.15) is 0 Å². The Morgan fingerprint density at radius 3 is 2.71 bits per heavy atom. The Hall–Kier alpha value is -1.75. The molecule has 17 heavy (non-hydrogen) atoms. The molecular weight excluding hydrogens is 236 g/mol. The third-order valence-electron chi connectivity index (χ3n) is 2.77. The maximum atomic E-state index is 12.2. The van der Waals surface area contributed by atoms with Crippen molar-refractivity contribution in [3.63, 3.8) is 0 Å². The molecule has 2 aromatic rings. The second kappa shape index (κ2) is 3.92. The first-order chi connectivity index (χ1) is 8.27. The summed E-state index contributed by atoms with van der Waals surface area (Å²) >= 11 is 1.53. The van der Waals surface area contributed by atoms with Crippen molar-refractivity contribution < 1.29 is 0 Å². The van der Waals surface area contributed by atoms with Crippen LogP contribution < -0.4 is 11.2 Å². The number of para-hydroxylation sites is 1. The minimum absolute atomic E-state index is 0.194. The third kappa shape index (κ3) is 1.63. The Kier molecular flexibility index (Phi) is 2.40. The summed E-state index contributed by atoms with van der Waals surface area (Å²) in [6.07, 6.45) is 0.725. The van der Waals surface area contributed by atoms with E-state index < -0.39 is 0 Å². The fraction of sp³-hybridized carbons (Fsp3) is 0.167. The largest absolute Gasteiger partial charge is 0.333 e. The van der Waals surface area contributed by atoms with Crippen LogP contribution in [0.3, 0.4) is 0 Å². The van der Waals surface area contributed by atoms with Crippen LogP contribution in [0.5, 0.6) is 0 Å². The highest BCUT2D eigenvalue weighted by Gasteiger charge is 2.19. The summed E-state index contributed by atoms with van der Waals surface area (Å²) in [4.78, 5) is 26.9. The number of H-pyrrole nitrogens is 1. The molecule has 3 rings (SSSR count). The molecule has 0 fully saturated rings. The topological polar surface area (TPSA) is 54.9 Å². The van der Waals surface area contributed by atoms with E-state index in [2.05, 4.69) is 4.98 Å². The van der Waals surface area contributed by atoms with Gasteiger partial charge in [0.25, 0.3) is 5.56 Å². The van der Waals surface area contributed by atoms with Crippen molar-refractivity contribution in [3.05, 3.63) is 56.7 Å². The van der Waals surface area contributed by atoms with Gasteiger partial charge in [0.05, 0.1) is 10.7 Å². The molecular formula is C12H10N2O2S. The van der Waals surface area contributed by atoms with Gasteiger partial charge in [-0.2, -0.15) is 0 Å². The predicted octanol–water partition coefficient (Wildman–Crippen LogP) is 1.17. The van der Waals surface area contributed by atoms with Crippen LogP contribution in [0.4, 0.5) is 0 Å². The van der Waals surface area contributed by atoms with Gasteiger partial charge < -0.3 is 4.98 Å². The minimum Gasteiger partial charge on any atom is -0.301 e. The average Bonchev–Trinajstić information content (AvgIpc) is 2.78. The number of aromatic amines is 1. The van der Waals surface area contributed by atoms with Crippen molar-refractivity contribution in [2.45, 2.75) is 11.4 Å². The van der Waals surface area contributed by atoms with E-state index in [-0.39, 0.29) is 11.2 Å². The third-order valence-corrected chi connectivity index (χ3v) is 3.82. The first-order valence-electron chi connectivity index (χ1n) is 5.34. The Morgan fingerprint density at radius 1 is 1.18 bits per heavy atom. The standard InChI is InChI=1S/C12H10N2O2S/c15-11-9-6-7-17-10(9)13-12(16)14(11)8-4-2-1-3-5-8/h1-5H,6-7H2,(H,13,16). The number of hydrogen-bond donors (Lipinski definition) is 1. The first-order valence-corrected chi connectivity index (χ1v) is 6.32. The van der Waals surface area contributed by atoms with E-state index in [0.717, 1.165) is 22.8 Å². The fourth-order valence-corrected chi connectivity index (χ4v) is 3.00. The maximum absolute atomic E-state index is 12.2. The van der Waals surface area contributed by atoms with Gasteiger partial charge in [0.15, 0.2) is 0 Å². The van der Waals surface area contributed by atoms with Gasteiger partial charge in [0.2, 0.25) is 0 Å². The van der Waals surface area contributed by atoms with Gasteiger partial charge in [0, 0.05) is 11.3 Å². The van der Waals surface area contributed by atoms with Crippen LogP contribution in [0, 0.1) is 0 Å². The van der Waals surface area contributed by atoms with Crippen molar-refractivity contribution >= 4 is 11.8 Å². The monoisotopic (exact) mass is 246 g/mol. The van der Waals surface area contributed by atoms with Crippen LogP contribution in [0.1, 0.15) is 5.56 Å². The molecule has 2 heterocycles. The lowest BCUT2D eigenvalue weighted by atomic mass is 10.2. The Bertz CT molecular complexity index is 673. The van der Waals surface area contributed by atoms with Crippen molar-refractivity contribution in [1.82, 2.24) is 9.55 Å². The molecule has 0 aliphatic carbocycles. The van der Waals surface area contributed by atoms with E-state index in [4.69, 9.17) is 0 Å². The summed E-state index contributed by atoms with van der Waals surface area (Å²) in [5.74, 6) is 0.860. The molecule has 1 aliphatic heterocycles. The zero-order valence-corrected chi connectivity index (χ0v) is 9.79. The lowest BCUT2D eigenvalue weighted by Crippen LogP contribution is -2.35. The number of nitrogens with one attached hydrogen (secondary N) is 1. The highest BCUT2D eigenvalue weighted by Crippen LogP contribution is 2.25. The van der Waals surface area contributed by atoms with Crippen LogP contribution in [0.2, 0.25) is 0 Å². The van der Waals surface area contributed by atoms with Crippen molar-refractivity contribution in [2.75, 3.05) is 5.75 Å². The summed E-state index contributed by atoms with van der Waals surface area (Å²) in [6.45, 7) is 0. The lowest BCUT2D eigenvalue weighted by Gasteiger charge is -2.06. The summed E-state index contributed by atoms with van der Waals surface area (Å²) < 4.78 is 1.20. The highest BCUT2D eigenvalue weighted by molar-refractivity contribution is 7.99. The smallest absolute Gasteiger partial charge is 0.301 e. The average molecular weight is 246 g/mol. The van der Waals surface area contributed by atoms with E-state index in [0.29, 0.717) is 5.69 Å². The van der Waals surface area contributed by atoms with E-state index in [9.17, 15) is 9.59 Å². The number of fused-ring (bicyclic) bond motifs is 1. The molecule has 0 spiro atoms. The summed E-state index contributed by atoms with van der Waals surface area (Å²) in [7, 11) is 0. The van der Waals surface area contributed by atoms with Gasteiger partial charge in [-0.1, -0.05) is 18.2 Å². The molecule has 86 valence electrons. The molecule has 1 aromatic carbocycles. The molecule has 0 unspecified atom stereocenters. The number of aromatic nitrogens is 2. The second-order valence-corrected chi connectivity index (χ2v) is 4.92. The van der Waals surface area contributed by atoms with E-state index in [1.165, 1.54) is 16.3 Å². The summed E-state index contributed by atoms with van der Waals surface area (Å²) in [5.41, 5.74) is 0.770. The first kappa shape index (κ1) is 10.4. The van der Waals surface area contributed by atoms with Crippen molar-refractivity contribution in [2.24, 2.45) is 0 Å². The van der Waals surface area contributed by atoms with E-state index in [1.807, 2.05) is 18.2 Å². The van der Waals surface area contributed by atoms with Crippen LogP contribution >= 0.6 is 11.8 Å². The van der Waals surface area contributed by atoms with Crippen LogP contribution in [0.15, 0.2) is 44.9 Å². The van der Waals surface area contributed by atoms with E-state index >= 15 is 0 Å². The highest BCUT2D eigenvalue weighted by atomic mass is 32.2. The van der Waals surface area contributed by atoms with Gasteiger partial charge in [-0.3, -0.25) is 4.79 Å². The maximum Gasteiger partial charge on any atom is 0.333 e. The van der Waals surface area contributed by atoms with Crippen molar-refractivity contribution in [1.29, 1.82) is 0 Å². The Morgan fingerprint density at radius 2 is 1.94 bits per heavy atom. The molecule has 0 saturated heterocycles.